The van der Waals surface area contributed by atoms with Crippen molar-refractivity contribution in [2.45, 2.75) is 0 Å². The van der Waals surface area contributed by atoms with Crippen molar-refractivity contribution in [2.75, 3.05) is 0 Å². The molecule has 0 radical (unpaired) electrons. The lowest BCUT2D eigenvalue weighted by Gasteiger charge is -2.13. The minimum Gasteiger partial charge on any atom is -0.307 e. The molecule has 0 bridgehead atoms. The molecule has 8 rings (SSSR count). The van der Waals surface area contributed by atoms with E-state index in [1.165, 1.54) is 5.39 Å². The predicted molar refractivity (Wildman–Crippen MR) is 161 cm³/mol. The van der Waals surface area contributed by atoms with Gasteiger partial charge in [0.05, 0.1) is 28.9 Å². The maximum absolute atomic E-state index is 8.45. The number of para-hydroxylation sites is 3. The highest BCUT2D eigenvalue weighted by Gasteiger charge is 2.20. The number of benzene rings is 6. The Balaban J connectivity index is 1.47. The third-order valence-electron chi connectivity index (χ3n) is 7.40. The second-order valence-corrected chi connectivity index (χ2v) is 9.45. The van der Waals surface area contributed by atoms with Crippen molar-refractivity contribution in [3.63, 3.8) is 0 Å². The molecule has 0 saturated carbocycles. The molecule has 0 spiro atoms. The normalized spacial score (nSPS) is 13.5. The summed E-state index contributed by atoms with van der Waals surface area (Å²) < 4.78 is 45.7. The van der Waals surface area contributed by atoms with Crippen LogP contribution in [-0.4, -0.2) is 9.13 Å². The zero-order valence-electron chi connectivity index (χ0n) is 25.4. The lowest BCUT2D eigenvalue weighted by atomic mass is 10.1. The van der Waals surface area contributed by atoms with Gasteiger partial charge in [0, 0.05) is 32.9 Å². The van der Waals surface area contributed by atoms with E-state index in [4.69, 9.17) is 6.85 Å². The number of hydrogen-bond donors (Lipinski definition) is 0. The Morgan fingerprint density at radius 3 is 1.47 bits per heavy atom. The summed E-state index contributed by atoms with van der Waals surface area (Å²) in [5.41, 5.74) is 7.14. The van der Waals surface area contributed by atoms with E-state index in [9.17, 15) is 0 Å². The molecule has 0 atom stereocenters. The summed E-state index contributed by atoms with van der Waals surface area (Å²) in [7, 11) is 0. The van der Waals surface area contributed by atoms with Crippen molar-refractivity contribution < 1.29 is 6.85 Å². The molecule has 6 aromatic carbocycles. The molecule has 0 aliphatic heterocycles. The molecule has 0 fully saturated rings. The molecule has 0 N–H and O–H groups in total. The van der Waals surface area contributed by atoms with Crippen LogP contribution in [0.25, 0.3) is 66.1 Å². The van der Waals surface area contributed by atoms with E-state index in [1.807, 2.05) is 36.4 Å². The Bertz CT molecular complexity index is 2360. The fourth-order valence-electron chi connectivity index (χ4n) is 5.79. The van der Waals surface area contributed by atoms with E-state index in [-0.39, 0.29) is 29.7 Å². The van der Waals surface area contributed by atoms with Crippen LogP contribution in [0.5, 0.6) is 0 Å². The van der Waals surface area contributed by atoms with Crippen LogP contribution in [0.15, 0.2) is 145 Å². The summed E-state index contributed by atoms with van der Waals surface area (Å²) in [5, 5.41) is 4.61. The maximum Gasteiger partial charge on any atom is 0.0788 e. The van der Waals surface area contributed by atoms with E-state index in [0.717, 1.165) is 49.6 Å². The van der Waals surface area contributed by atoms with Crippen LogP contribution < -0.4 is 0 Å². The van der Waals surface area contributed by atoms with E-state index in [2.05, 4.69) is 88.0 Å². The van der Waals surface area contributed by atoms with Crippen molar-refractivity contribution in [3.8, 4) is 22.5 Å². The second kappa shape index (κ2) is 8.22. The van der Waals surface area contributed by atoms with Crippen LogP contribution in [0.1, 0.15) is 6.85 Å². The highest BCUT2D eigenvalue weighted by Crippen LogP contribution is 2.41. The average Bonchev–Trinajstić information content (AvgIpc) is 3.57. The Hall–Kier alpha value is -5.08. The molecule has 0 amide bonds. The van der Waals surface area contributed by atoms with Crippen LogP contribution in [0.4, 0.5) is 0 Å². The molecule has 0 unspecified atom stereocenters. The molecule has 2 heterocycles. The zero-order valence-corrected chi connectivity index (χ0v) is 20.4. The van der Waals surface area contributed by atoms with Crippen LogP contribution >= 0.6 is 0 Å². The molecular formula is C36H24N2. The van der Waals surface area contributed by atoms with Crippen LogP contribution in [0.2, 0.25) is 0 Å². The smallest absolute Gasteiger partial charge is 0.0788 e. The van der Waals surface area contributed by atoms with Gasteiger partial charge in [-0.1, -0.05) is 109 Å². The first-order valence-corrected chi connectivity index (χ1v) is 12.6. The van der Waals surface area contributed by atoms with Gasteiger partial charge in [-0.15, -0.1) is 0 Å². The van der Waals surface area contributed by atoms with Gasteiger partial charge in [-0.3, -0.25) is 0 Å². The number of fused-ring (bicyclic) bond motifs is 7. The summed E-state index contributed by atoms with van der Waals surface area (Å²) in [5.74, 6) is 0. The maximum atomic E-state index is 8.45. The first-order chi connectivity index (χ1) is 21.0. The van der Waals surface area contributed by atoms with Gasteiger partial charge < -0.3 is 9.13 Å². The van der Waals surface area contributed by atoms with Gasteiger partial charge in [-0.2, -0.15) is 0 Å². The second-order valence-electron chi connectivity index (χ2n) is 9.45. The molecule has 178 valence electrons. The first kappa shape index (κ1) is 16.6. The molecule has 0 aliphatic rings. The third-order valence-corrected chi connectivity index (χ3v) is 7.40. The lowest BCUT2D eigenvalue weighted by Crippen LogP contribution is -1.98. The summed E-state index contributed by atoms with van der Waals surface area (Å²) in [6, 6.07) is 37.9. The molecule has 2 nitrogen and oxygen atoms in total. The predicted octanol–water partition coefficient (Wildman–Crippen LogP) is 9.55. The molecule has 8 aromatic rings. The Morgan fingerprint density at radius 1 is 0.395 bits per heavy atom. The largest absolute Gasteiger partial charge is 0.307 e. The lowest BCUT2D eigenvalue weighted by molar-refractivity contribution is 1.15. The number of nitrogens with zero attached hydrogens (tertiary/aromatic N) is 2. The molecule has 38 heavy (non-hydrogen) atoms. The van der Waals surface area contributed by atoms with Crippen molar-refractivity contribution in [3.05, 3.63) is 145 Å². The SMILES string of the molecule is [2H]c1c([2H])c([2H])c(-c2ccc(-n3c4ccccc4c4ccc5c6ccccc6n(-c6ccccc6)c5c43)cc2)c([2H])c1[2H]. The topological polar surface area (TPSA) is 9.86 Å². The van der Waals surface area contributed by atoms with Crippen molar-refractivity contribution in [1.82, 2.24) is 9.13 Å². The standard InChI is InChI=1S/C36H24N2/c1-3-11-25(12-4-1)26-19-21-28(22-20-26)38-34-18-10-8-16-30(34)32-24-23-31-29-15-7-9-17-33(29)37(35(31)36(32)38)27-13-5-2-6-14-27/h1-24H/i1D,3D,4D,11D,12D. The summed E-state index contributed by atoms with van der Waals surface area (Å²) in [6.45, 7) is 0. The first-order valence-electron chi connectivity index (χ1n) is 15.1. The van der Waals surface area contributed by atoms with Crippen LogP contribution in [-0.2, 0) is 0 Å². The minimum atomic E-state index is -0.390. The summed E-state index contributed by atoms with van der Waals surface area (Å²) >= 11 is 0. The van der Waals surface area contributed by atoms with E-state index < -0.39 is 6.04 Å². The quantitative estimate of drug-likeness (QED) is 0.234. The van der Waals surface area contributed by atoms with Gasteiger partial charge in [-0.25, -0.2) is 0 Å². The summed E-state index contributed by atoms with van der Waals surface area (Å²) in [6.07, 6.45) is 0. The Labute approximate surface area is 227 Å². The Morgan fingerprint density at radius 2 is 0.895 bits per heavy atom. The van der Waals surface area contributed by atoms with Crippen LogP contribution in [0.3, 0.4) is 0 Å². The van der Waals surface area contributed by atoms with Crippen molar-refractivity contribution in [2.24, 2.45) is 0 Å². The fourth-order valence-corrected chi connectivity index (χ4v) is 5.79. The molecule has 0 saturated heterocycles. The van der Waals surface area contributed by atoms with Crippen LogP contribution in [0, 0.1) is 0 Å². The van der Waals surface area contributed by atoms with E-state index >= 15 is 0 Å². The summed E-state index contributed by atoms with van der Waals surface area (Å²) in [4.78, 5) is 0. The highest BCUT2D eigenvalue weighted by molar-refractivity contribution is 6.23. The van der Waals surface area contributed by atoms with Gasteiger partial charge in [0.1, 0.15) is 0 Å². The monoisotopic (exact) mass is 489 g/mol. The Kier molecular flexibility index (Phi) is 3.60. The van der Waals surface area contributed by atoms with Crippen molar-refractivity contribution >= 4 is 43.6 Å². The van der Waals surface area contributed by atoms with E-state index in [1.54, 1.807) is 0 Å². The van der Waals surface area contributed by atoms with Gasteiger partial charge in [0.25, 0.3) is 0 Å². The number of aromatic nitrogens is 2. The van der Waals surface area contributed by atoms with Gasteiger partial charge in [-0.05, 0) is 47.5 Å². The molecule has 2 aromatic heterocycles. The highest BCUT2D eigenvalue weighted by atomic mass is 15.0. The molecule has 2 heteroatoms. The van der Waals surface area contributed by atoms with Gasteiger partial charge in [0.2, 0.25) is 0 Å². The number of rotatable bonds is 3. The third kappa shape index (κ3) is 3.01. The fraction of sp³-hybridized carbons (Fsp3) is 0. The molecule has 0 aliphatic carbocycles. The van der Waals surface area contributed by atoms with Crippen molar-refractivity contribution in [1.29, 1.82) is 0 Å². The molecular weight excluding hydrogens is 460 g/mol. The van der Waals surface area contributed by atoms with Gasteiger partial charge >= 0.3 is 0 Å². The zero-order chi connectivity index (χ0) is 29.4. The number of hydrogen-bond acceptors (Lipinski definition) is 0. The van der Waals surface area contributed by atoms with Gasteiger partial charge in [0.15, 0.2) is 0 Å². The minimum absolute atomic E-state index is 0.200. The average molecular weight is 490 g/mol. The van der Waals surface area contributed by atoms with E-state index in [0.29, 0.717) is 5.56 Å².